The Morgan fingerprint density at radius 3 is 2.30 bits per heavy atom. The van der Waals surface area contributed by atoms with Crippen LogP contribution in [0, 0.1) is 0 Å². The van der Waals surface area contributed by atoms with Gasteiger partial charge in [-0.3, -0.25) is 10.1 Å². The van der Waals surface area contributed by atoms with Gasteiger partial charge in [0.05, 0.1) is 12.5 Å². The molecule has 0 atom stereocenters. The molecule has 0 unspecified atom stereocenters. The van der Waals surface area contributed by atoms with Crippen molar-refractivity contribution in [2.75, 3.05) is 12.4 Å². The number of hydrogen-bond acceptors (Lipinski definition) is 4. The number of amides is 1. The average Bonchev–Trinajstić information content (AvgIpc) is 2.48. The minimum Gasteiger partial charge on any atom is -0.497 e. The summed E-state index contributed by atoms with van der Waals surface area (Å²) in [5.74, 6) is 0.907. The van der Waals surface area contributed by atoms with Crippen molar-refractivity contribution >= 4 is 11.9 Å². The molecule has 0 saturated heterocycles. The zero-order valence-electron chi connectivity index (χ0n) is 11.8. The lowest BCUT2D eigenvalue weighted by Crippen LogP contribution is -2.35. The van der Waals surface area contributed by atoms with Crippen LogP contribution in [0.2, 0.25) is 0 Å². The Bertz CT molecular complexity index is 580. The van der Waals surface area contributed by atoms with Crippen LogP contribution in [0.4, 0.5) is 5.95 Å². The molecule has 20 heavy (non-hydrogen) atoms. The van der Waals surface area contributed by atoms with Gasteiger partial charge >= 0.3 is 0 Å². The monoisotopic (exact) mass is 271 g/mol. The van der Waals surface area contributed by atoms with Crippen LogP contribution in [-0.4, -0.2) is 23.0 Å². The largest absolute Gasteiger partial charge is 0.497 e. The zero-order chi connectivity index (χ0) is 14.6. The third-order valence-corrected chi connectivity index (χ3v) is 3.17. The van der Waals surface area contributed by atoms with Gasteiger partial charge in [-0.1, -0.05) is 12.1 Å². The van der Waals surface area contributed by atoms with E-state index in [4.69, 9.17) is 4.74 Å². The first-order valence-electron chi connectivity index (χ1n) is 6.27. The molecule has 0 bridgehead atoms. The molecular formula is C15H17N3O2. The fraction of sp³-hybridized carbons (Fsp3) is 0.267. The van der Waals surface area contributed by atoms with Gasteiger partial charge in [0, 0.05) is 12.4 Å². The van der Waals surface area contributed by atoms with Crippen LogP contribution in [0.15, 0.2) is 42.7 Å². The maximum absolute atomic E-state index is 12.4. The highest BCUT2D eigenvalue weighted by Gasteiger charge is 2.30. The van der Waals surface area contributed by atoms with Gasteiger partial charge in [-0.25, -0.2) is 9.97 Å². The van der Waals surface area contributed by atoms with Gasteiger partial charge < -0.3 is 4.74 Å². The Labute approximate surface area is 118 Å². The number of nitrogens with one attached hydrogen (secondary N) is 1. The first-order chi connectivity index (χ1) is 9.54. The predicted molar refractivity (Wildman–Crippen MR) is 76.7 cm³/mol. The Kier molecular flexibility index (Phi) is 3.98. The van der Waals surface area contributed by atoms with Crippen molar-refractivity contribution in [1.29, 1.82) is 0 Å². The predicted octanol–water partition coefficient (Wildman–Crippen LogP) is 2.40. The van der Waals surface area contributed by atoms with E-state index in [-0.39, 0.29) is 5.91 Å². The van der Waals surface area contributed by atoms with E-state index >= 15 is 0 Å². The molecule has 0 aliphatic heterocycles. The first kappa shape index (κ1) is 14.0. The second kappa shape index (κ2) is 5.69. The normalized spacial score (nSPS) is 10.9. The Hall–Kier alpha value is -2.43. The summed E-state index contributed by atoms with van der Waals surface area (Å²) in [5, 5.41) is 2.72. The maximum atomic E-state index is 12.4. The molecule has 5 nitrogen and oxygen atoms in total. The number of benzene rings is 1. The van der Waals surface area contributed by atoms with E-state index in [1.54, 1.807) is 25.6 Å². The van der Waals surface area contributed by atoms with E-state index in [1.165, 1.54) is 0 Å². The summed E-state index contributed by atoms with van der Waals surface area (Å²) in [4.78, 5) is 20.3. The smallest absolute Gasteiger partial charge is 0.236 e. The average molecular weight is 271 g/mol. The number of carbonyl (C=O) groups excluding carboxylic acids is 1. The van der Waals surface area contributed by atoms with Gasteiger partial charge in [0.2, 0.25) is 11.9 Å². The Balaban J connectivity index is 2.18. The molecule has 0 spiro atoms. The number of hydrogen-bond donors (Lipinski definition) is 1. The highest BCUT2D eigenvalue weighted by atomic mass is 16.5. The Morgan fingerprint density at radius 2 is 1.75 bits per heavy atom. The second-order valence-corrected chi connectivity index (χ2v) is 4.88. The summed E-state index contributed by atoms with van der Waals surface area (Å²) in [6, 6.07) is 9.13. The molecule has 2 rings (SSSR count). The minimum atomic E-state index is -0.689. The number of carbonyl (C=O) groups is 1. The fourth-order valence-electron chi connectivity index (χ4n) is 1.76. The van der Waals surface area contributed by atoms with Crippen LogP contribution in [0.1, 0.15) is 19.4 Å². The molecule has 1 aromatic carbocycles. The van der Waals surface area contributed by atoms with Gasteiger partial charge in [-0.05, 0) is 37.6 Å². The highest BCUT2D eigenvalue weighted by Crippen LogP contribution is 2.26. The first-order valence-corrected chi connectivity index (χ1v) is 6.27. The van der Waals surface area contributed by atoms with Crippen molar-refractivity contribution in [1.82, 2.24) is 9.97 Å². The van der Waals surface area contributed by atoms with Crippen molar-refractivity contribution in [2.24, 2.45) is 0 Å². The van der Waals surface area contributed by atoms with Crippen LogP contribution in [0.3, 0.4) is 0 Å². The molecule has 1 aromatic heterocycles. The third-order valence-electron chi connectivity index (χ3n) is 3.17. The molecule has 0 radical (unpaired) electrons. The van der Waals surface area contributed by atoms with E-state index in [9.17, 15) is 4.79 Å². The lowest BCUT2D eigenvalue weighted by molar-refractivity contribution is -0.120. The van der Waals surface area contributed by atoms with Crippen LogP contribution >= 0.6 is 0 Å². The molecule has 1 heterocycles. The number of nitrogens with zero attached hydrogens (tertiary/aromatic N) is 2. The van der Waals surface area contributed by atoms with Gasteiger partial charge in [-0.2, -0.15) is 0 Å². The summed E-state index contributed by atoms with van der Waals surface area (Å²) in [7, 11) is 1.61. The molecule has 0 saturated carbocycles. The summed E-state index contributed by atoms with van der Waals surface area (Å²) in [6.45, 7) is 3.71. The van der Waals surface area contributed by atoms with Crippen LogP contribution < -0.4 is 10.1 Å². The van der Waals surface area contributed by atoms with Crippen LogP contribution in [-0.2, 0) is 10.2 Å². The molecule has 104 valence electrons. The standard InChI is InChI=1S/C15H17N3O2/c1-15(2,11-5-7-12(20-3)8-6-11)13(19)18-14-16-9-4-10-17-14/h4-10H,1-3H3,(H,16,17,18,19). The molecule has 1 amide bonds. The number of rotatable bonds is 4. The topological polar surface area (TPSA) is 64.1 Å². The quantitative estimate of drug-likeness (QED) is 0.927. The van der Waals surface area contributed by atoms with Crippen molar-refractivity contribution in [2.45, 2.75) is 19.3 Å². The van der Waals surface area contributed by atoms with Crippen LogP contribution in [0.25, 0.3) is 0 Å². The van der Waals surface area contributed by atoms with Gasteiger partial charge in [-0.15, -0.1) is 0 Å². The van der Waals surface area contributed by atoms with E-state index in [0.717, 1.165) is 11.3 Å². The van der Waals surface area contributed by atoms with E-state index in [1.807, 2.05) is 38.1 Å². The number of aromatic nitrogens is 2. The third kappa shape index (κ3) is 2.93. The number of methoxy groups -OCH3 is 1. The maximum Gasteiger partial charge on any atom is 0.236 e. The summed E-state index contributed by atoms with van der Waals surface area (Å²) >= 11 is 0. The minimum absolute atomic E-state index is 0.158. The van der Waals surface area contributed by atoms with Crippen molar-refractivity contribution in [3.8, 4) is 5.75 Å². The zero-order valence-corrected chi connectivity index (χ0v) is 11.8. The van der Waals surface area contributed by atoms with E-state index in [0.29, 0.717) is 5.95 Å². The van der Waals surface area contributed by atoms with Gasteiger partial charge in [0.15, 0.2) is 0 Å². The lowest BCUT2D eigenvalue weighted by Gasteiger charge is -2.23. The van der Waals surface area contributed by atoms with Crippen molar-refractivity contribution in [3.05, 3.63) is 48.3 Å². The molecule has 5 heteroatoms. The molecule has 2 aromatic rings. The highest BCUT2D eigenvalue weighted by molar-refractivity contribution is 5.97. The number of anilines is 1. The Morgan fingerprint density at radius 1 is 1.15 bits per heavy atom. The summed E-state index contributed by atoms with van der Waals surface area (Å²) in [5.41, 5.74) is 0.206. The molecule has 1 N–H and O–H groups in total. The van der Waals surface area contributed by atoms with Crippen LogP contribution in [0.5, 0.6) is 5.75 Å². The molecule has 0 aliphatic rings. The van der Waals surface area contributed by atoms with E-state index < -0.39 is 5.41 Å². The molecule has 0 fully saturated rings. The SMILES string of the molecule is COc1ccc(C(C)(C)C(=O)Nc2ncccn2)cc1. The van der Waals surface area contributed by atoms with E-state index in [2.05, 4.69) is 15.3 Å². The molecule has 0 aliphatic carbocycles. The fourth-order valence-corrected chi connectivity index (χ4v) is 1.76. The van der Waals surface area contributed by atoms with Crippen molar-refractivity contribution < 1.29 is 9.53 Å². The second-order valence-electron chi connectivity index (χ2n) is 4.88. The lowest BCUT2D eigenvalue weighted by atomic mass is 9.84. The van der Waals surface area contributed by atoms with Crippen molar-refractivity contribution in [3.63, 3.8) is 0 Å². The summed E-state index contributed by atoms with van der Waals surface area (Å²) in [6.07, 6.45) is 3.17. The molecular weight excluding hydrogens is 254 g/mol. The van der Waals surface area contributed by atoms with Gasteiger partial charge in [0.25, 0.3) is 0 Å². The summed E-state index contributed by atoms with van der Waals surface area (Å²) < 4.78 is 5.12. The van der Waals surface area contributed by atoms with Gasteiger partial charge in [0.1, 0.15) is 5.75 Å². The number of ether oxygens (including phenoxy) is 1.